The third kappa shape index (κ3) is 6.12. The maximum absolute atomic E-state index is 5.54. The van der Waals surface area contributed by atoms with Gasteiger partial charge in [0.1, 0.15) is 5.75 Å². The maximum Gasteiger partial charge on any atom is 0.191 e. The summed E-state index contributed by atoms with van der Waals surface area (Å²) in [7, 11) is 3.44. The molecular weight excluding hydrogens is 314 g/mol. The average Bonchev–Trinajstić information content (AvgIpc) is 2.67. The monoisotopic (exact) mass is 341 g/mol. The first kappa shape index (κ1) is 18.8. The van der Waals surface area contributed by atoms with Gasteiger partial charge in [-0.05, 0) is 35.7 Å². The number of hydrogen-bond donors (Lipinski definition) is 2. The molecule has 5 heteroatoms. The van der Waals surface area contributed by atoms with E-state index in [1.54, 1.807) is 14.2 Å². The van der Waals surface area contributed by atoms with Gasteiger partial charge in [0.15, 0.2) is 5.96 Å². The van der Waals surface area contributed by atoms with Gasteiger partial charge in [0.25, 0.3) is 0 Å². The van der Waals surface area contributed by atoms with Crippen molar-refractivity contribution >= 4 is 5.96 Å². The third-order valence-corrected chi connectivity index (χ3v) is 3.84. The first-order valence-corrected chi connectivity index (χ1v) is 8.48. The lowest BCUT2D eigenvalue weighted by Gasteiger charge is -2.14. The summed E-state index contributed by atoms with van der Waals surface area (Å²) in [5.74, 6) is 1.61. The minimum atomic E-state index is 0.629. The van der Waals surface area contributed by atoms with Crippen molar-refractivity contribution in [2.24, 2.45) is 4.99 Å². The Hall–Kier alpha value is -2.53. The van der Waals surface area contributed by atoms with Gasteiger partial charge in [0, 0.05) is 26.7 Å². The molecule has 0 atom stereocenters. The number of nitrogens with one attached hydrogen (secondary N) is 2. The van der Waals surface area contributed by atoms with E-state index in [0.717, 1.165) is 17.3 Å². The average molecular weight is 341 g/mol. The van der Waals surface area contributed by atoms with E-state index in [1.807, 2.05) is 37.3 Å². The quantitative estimate of drug-likeness (QED) is 0.572. The number of methoxy groups -OCH3 is 1. The normalized spacial score (nSPS) is 11.2. The van der Waals surface area contributed by atoms with Crippen molar-refractivity contribution in [3.05, 3.63) is 65.2 Å². The number of guanidine groups is 1. The van der Waals surface area contributed by atoms with E-state index in [0.29, 0.717) is 26.3 Å². The molecule has 0 aliphatic heterocycles. The van der Waals surface area contributed by atoms with Gasteiger partial charge in [-0.1, -0.05) is 36.4 Å². The van der Waals surface area contributed by atoms with Gasteiger partial charge in [-0.3, -0.25) is 4.99 Å². The van der Waals surface area contributed by atoms with Crippen molar-refractivity contribution < 1.29 is 9.47 Å². The number of hydrogen-bond acceptors (Lipinski definition) is 3. The summed E-state index contributed by atoms with van der Waals surface area (Å²) in [6.07, 6.45) is 0. The molecule has 0 aliphatic carbocycles. The van der Waals surface area contributed by atoms with E-state index in [2.05, 4.69) is 33.8 Å². The van der Waals surface area contributed by atoms with Crippen LogP contribution >= 0.6 is 0 Å². The van der Waals surface area contributed by atoms with Crippen LogP contribution in [0, 0.1) is 0 Å². The Kier molecular flexibility index (Phi) is 7.79. The largest absolute Gasteiger partial charge is 0.497 e. The lowest BCUT2D eigenvalue weighted by Crippen LogP contribution is -2.36. The van der Waals surface area contributed by atoms with Crippen molar-refractivity contribution in [3.63, 3.8) is 0 Å². The molecule has 0 heterocycles. The molecule has 0 saturated carbocycles. The minimum Gasteiger partial charge on any atom is -0.497 e. The molecule has 2 aromatic rings. The van der Waals surface area contributed by atoms with Gasteiger partial charge in [-0.25, -0.2) is 0 Å². The molecule has 0 aliphatic rings. The van der Waals surface area contributed by atoms with Crippen LogP contribution in [0.4, 0.5) is 0 Å². The second-order valence-electron chi connectivity index (χ2n) is 5.54. The van der Waals surface area contributed by atoms with Crippen LogP contribution in [0.2, 0.25) is 0 Å². The molecule has 0 amide bonds. The summed E-state index contributed by atoms with van der Waals surface area (Å²) in [6, 6.07) is 16.3. The fourth-order valence-electron chi connectivity index (χ4n) is 2.45. The Morgan fingerprint density at radius 1 is 1.00 bits per heavy atom. The SMILES string of the molecule is CCOCc1ccccc1CNC(=NC)NCc1cccc(OC)c1. The van der Waals surface area contributed by atoms with Crippen molar-refractivity contribution in [1.29, 1.82) is 0 Å². The Morgan fingerprint density at radius 2 is 1.76 bits per heavy atom. The molecular formula is C20H27N3O2. The summed E-state index contributed by atoms with van der Waals surface area (Å²) in [5, 5.41) is 6.68. The minimum absolute atomic E-state index is 0.629. The Bertz CT molecular complexity index is 686. The van der Waals surface area contributed by atoms with Gasteiger partial charge in [0.2, 0.25) is 0 Å². The van der Waals surface area contributed by atoms with Crippen LogP contribution in [0.5, 0.6) is 5.75 Å². The smallest absolute Gasteiger partial charge is 0.191 e. The van der Waals surface area contributed by atoms with Gasteiger partial charge in [0.05, 0.1) is 13.7 Å². The first-order valence-electron chi connectivity index (χ1n) is 8.48. The maximum atomic E-state index is 5.54. The summed E-state index contributed by atoms with van der Waals surface area (Å²) in [4.78, 5) is 4.28. The molecule has 0 radical (unpaired) electrons. The highest BCUT2D eigenvalue weighted by atomic mass is 16.5. The van der Waals surface area contributed by atoms with Gasteiger partial charge >= 0.3 is 0 Å². The molecule has 0 fully saturated rings. The van der Waals surface area contributed by atoms with Crippen LogP contribution in [0.1, 0.15) is 23.6 Å². The molecule has 0 spiro atoms. The number of rotatable bonds is 8. The van der Waals surface area contributed by atoms with Crippen LogP contribution in [0.25, 0.3) is 0 Å². The molecule has 134 valence electrons. The molecule has 5 nitrogen and oxygen atoms in total. The zero-order valence-corrected chi connectivity index (χ0v) is 15.2. The van der Waals surface area contributed by atoms with Crippen LogP contribution in [-0.2, 0) is 24.4 Å². The first-order chi connectivity index (χ1) is 12.3. The highest BCUT2D eigenvalue weighted by Crippen LogP contribution is 2.12. The molecule has 0 aromatic heterocycles. The summed E-state index contributed by atoms with van der Waals surface area (Å²) in [6.45, 7) is 4.72. The topological polar surface area (TPSA) is 54.9 Å². The van der Waals surface area contributed by atoms with E-state index >= 15 is 0 Å². The molecule has 0 bridgehead atoms. The van der Waals surface area contributed by atoms with Crippen molar-refractivity contribution in [1.82, 2.24) is 10.6 Å². The fraction of sp³-hybridized carbons (Fsp3) is 0.350. The molecule has 2 N–H and O–H groups in total. The highest BCUT2D eigenvalue weighted by Gasteiger charge is 2.04. The van der Waals surface area contributed by atoms with Gasteiger partial charge in [-0.15, -0.1) is 0 Å². The summed E-state index contributed by atoms with van der Waals surface area (Å²) < 4.78 is 10.8. The van der Waals surface area contributed by atoms with Crippen molar-refractivity contribution in [3.8, 4) is 5.75 Å². The van der Waals surface area contributed by atoms with Crippen molar-refractivity contribution in [2.45, 2.75) is 26.6 Å². The highest BCUT2D eigenvalue weighted by molar-refractivity contribution is 5.79. The Labute approximate surface area is 150 Å². The standard InChI is InChI=1S/C20H27N3O2/c1-4-25-15-18-10-6-5-9-17(18)14-23-20(21-2)22-13-16-8-7-11-19(12-16)24-3/h5-12H,4,13-15H2,1-3H3,(H2,21,22,23). The third-order valence-electron chi connectivity index (χ3n) is 3.84. The number of nitrogens with zero attached hydrogens (tertiary/aromatic N) is 1. The number of benzene rings is 2. The van der Waals surface area contributed by atoms with Crippen LogP contribution in [0.15, 0.2) is 53.5 Å². The van der Waals surface area contributed by atoms with E-state index in [4.69, 9.17) is 9.47 Å². The zero-order valence-electron chi connectivity index (χ0n) is 15.2. The molecule has 2 aromatic carbocycles. The van der Waals surface area contributed by atoms with Gasteiger partial charge < -0.3 is 20.1 Å². The lowest BCUT2D eigenvalue weighted by molar-refractivity contribution is 0.133. The van der Waals surface area contributed by atoms with Crippen LogP contribution in [0.3, 0.4) is 0 Å². The molecule has 25 heavy (non-hydrogen) atoms. The lowest BCUT2D eigenvalue weighted by atomic mass is 10.1. The van der Waals surface area contributed by atoms with Crippen molar-refractivity contribution in [2.75, 3.05) is 20.8 Å². The van der Waals surface area contributed by atoms with Crippen LogP contribution < -0.4 is 15.4 Å². The second-order valence-corrected chi connectivity index (χ2v) is 5.54. The van der Waals surface area contributed by atoms with E-state index in [9.17, 15) is 0 Å². The second kappa shape index (κ2) is 10.4. The van der Waals surface area contributed by atoms with E-state index in [1.165, 1.54) is 11.1 Å². The fourth-order valence-corrected chi connectivity index (χ4v) is 2.45. The van der Waals surface area contributed by atoms with Gasteiger partial charge in [-0.2, -0.15) is 0 Å². The molecule has 0 saturated heterocycles. The predicted molar refractivity (Wildman–Crippen MR) is 102 cm³/mol. The Balaban J connectivity index is 1.90. The number of aliphatic imine (C=N–C) groups is 1. The molecule has 0 unspecified atom stereocenters. The zero-order chi connectivity index (χ0) is 17.9. The van der Waals surface area contributed by atoms with E-state index in [-0.39, 0.29) is 0 Å². The number of ether oxygens (including phenoxy) is 2. The predicted octanol–water partition coefficient (Wildman–Crippen LogP) is 3.10. The summed E-state index contributed by atoms with van der Waals surface area (Å²) >= 11 is 0. The van der Waals surface area contributed by atoms with E-state index < -0.39 is 0 Å². The summed E-state index contributed by atoms with van der Waals surface area (Å²) in [5.41, 5.74) is 3.54. The molecule has 2 rings (SSSR count). The Morgan fingerprint density at radius 3 is 2.48 bits per heavy atom. The van der Waals surface area contributed by atoms with Crippen LogP contribution in [-0.4, -0.2) is 26.7 Å².